The predicted octanol–water partition coefficient (Wildman–Crippen LogP) is 1.71. The lowest BCUT2D eigenvalue weighted by Gasteiger charge is -2.37. The molecule has 1 spiro atoms. The summed E-state index contributed by atoms with van der Waals surface area (Å²) in [6, 6.07) is 1.82. The Hall–Kier alpha value is -1.03. The summed E-state index contributed by atoms with van der Waals surface area (Å²) in [5.41, 5.74) is 1.73. The maximum Gasteiger partial charge on any atom is 0.264 e. The zero-order chi connectivity index (χ0) is 13.0. The molecule has 0 radical (unpaired) electrons. The van der Waals surface area contributed by atoms with E-state index >= 15 is 0 Å². The molecule has 1 saturated heterocycles. The molecule has 0 bridgehead atoms. The normalized spacial score (nSPS) is 28.8. The van der Waals surface area contributed by atoms with Crippen LogP contribution >= 0.6 is 0 Å². The first-order valence-electron chi connectivity index (χ1n) is 6.96. The first-order chi connectivity index (χ1) is 8.41. The Morgan fingerprint density at radius 2 is 2.06 bits per heavy atom. The molecule has 0 amide bonds. The number of aromatic amines is 1. The minimum absolute atomic E-state index is 0.0560. The molecule has 1 N–H and O–H groups in total. The summed E-state index contributed by atoms with van der Waals surface area (Å²) < 4.78 is 2.08. The van der Waals surface area contributed by atoms with Crippen molar-refractivity contribution in [3.8, 4) is 0 Å². The van der Waals surface area contributed by atoms with Crippen LogP contribution in [-0.4, -0.2) is 33.3 Å². The molecular weight excluding hydrogens is 226 g/mol. The van der Waals surface area contributed by atoms with Gasteiger partial charge in [-0.25, -0.2) is 0 Å². The number of rotatable bonds is 0. The number of H-pyrrole nitrogens is 1. The lowest BCUT2D eigenvalue weighted by Crippen LogP contribution is -2.43. The van der Waals surface area contributed by atoms with E-state index in [0.717, 1.165) is 19.6 Å². The maximum absolute atomic E-state index is 11.6. The van der Waals surface area contributed by atoms with E-state index < -0.39 is 0 Å². The van der Waals surface area contributed by atoms with Crippen LogP contribution in [0.15, 0.2) is 10.9 Å². The van der Waals surface area contributed by atoms with Crippen LogP contribution in [0.4, 0.5) is 0 Å². The first-order valence-corrected chi connectivity index (χ1v) is 6.96. The SMILES string of the molecule is CC(C)(C)N1CC[C@]2(CCCn3[nH]c(=O)cc32)C1. The van der Waals surface area contributed by atoms with Gasteiger partial charge >= 0.3 is 0 Å². The molecule has 4 heteroatoms. The zero-order valence-corrected chi connectivity index (χ0v) is 11.6. The smallest absolute Gasteiger partial charge is 0.264 e. The Morgan fingerprint density at radius 1 is 1.28 bits per heavy atom. The van der Waals surface area contributed by atoms with Gasteiger partial charge in [0.25, 0.3) is 5.56 Å². The molecule has 4 nitrogen and oxygen atoms in total. The summed E-state index contributed by atoms with van der Waals surface area (Å²) in [7, 11) is 0. The van der Waals surface area contributed by atoms with Crippen LogP contribution in [0, 0.1) is 0 Å². The second kappa shape index (κ2) is 3.73. The Bertz CT molecular complexity index is 508. The number of nitrogens with zero attached hydrogens (tertiary/aromatic N) is 2. The molecule has 1 aromatic rings. The quantitative estimate of drug-likeness (QED) is 0.760. The van der Waals surface area contributed by atoms with Crippen LogP contribution in [0.2, 0.25) is 0 Å². The van der Waals surface area contributed by atoms with E-state index in [0.29, 0.717) is 0 Å². The molecular formula is C14H23N3O. The van der Waals surface area contributed by atoms with Crippen LogP contribution in [0.1, 0.15) is 45.7 Å². The van der Waals surface area contributed by atoms with Crippen molar-refractivity contribution in [2.24, 2.45) is 0 Å². The minimum atomic E-state index is 0.0560. The molecule has 100 valence electrons. The average Bonchev–Trinajstić information content (AvgIpc) is 2.83. The molecule has 3 heterocycles. The van der Waals surface area contributed by atoms with E-state index in [1.807, 2.05) is 6.07 Å². The zero-order valence-electron chi connectivity index (χ0n) is 11.6. The molecule has 0 aromatic carbocycles. The Balaban J connectivity index is 1.96. The summed E-state index contributed by atoms with van der Waals surface area (Å²) in [6.07, 6.45) is 3.58. The first kappa shape index (κ1) is 12.0. The Kier molecular flexibility index (Phi) is 2.49. The lowest BCUT2D eigenvalue weighted by atomic mass is 9.77. The van der Waals surface area contributed by atoms with Crippen molar-refractivity contribution >= 4 is 0 Å². The van der Waals surface area contributed by atoms with E-state index in [1.165, 1.54) is 25.0 Å². The number of likely N-dealkylation sites (tertiary alicyclic amines) is 1. The topological polar surface area (TPSA) is 41.0 Å². The number of aromatic nitrogens is 2. The third kappa shape index (κ3) is 1.74. The fraction of sp³-hybridized carbons (Fsp3) is 0.786. The van der Waals surface area contributed by atoms with Gasteiger partial charge < -0.3 is 0 Å². The predicted molar refractivity (Wildman–Crippen MR) is 71.9 cm³/mol. The van der Waals surface area contributed by atoms with E-state index in [1.54, 1.807) is 0 Å². The monoisotopic (exact) mass is 249 g/mol. The van der Waals surface area contributed by atoms with Gasteiger partial charge in [0.15, 0.2) is 0 Å². The van der Waals surface area contributed by atoms with Crippen molar-refractivity contribution in [2.45, 2.75) is 57.5 Å². The number of hydrogen-bond donors (Lipinski definition) is 1. The van der Waals surface area contributed by atoms with Crippen molar-refractivity contribution in [3.63, 3.8) is 0 Å². The minimum Gasteiger partial charge on any atom is -0.298 e. The van der Waals surface area contributed by atoms with Gasteiger partial charge in [-0.3, -0.25) is 19.5 Å². The summed E-state index contributed by atoms with van der Waals surface area (Å²) >= 11 is 0. The Morgan fingerprint density at radius 3 is 2.72 bits per heavy atom. The van der Waals surface area contributed by atoms with Crippen molar-refractivity contribution in [1.29, 1.82) is 0 Å². The van der Waals surface area contributed by atoms with E-state index in [-0.39, 0.29) is 16.5 Å². The van der Waals surface area contributed by atoms with Crippen molar-refractivity contribution < 1.29 is 0 Å². The van der Waals surface area contributed by atoms with E-state index in [4.69, 9.17) is 0 Å². The lowest BCUT2D eigenvalue weighted by molar-refractivity contribution is 0.156. The molecule has 0 unspecified atom stereocenters. The van der Waals surface area contributed by atoms with Crippen LogP contribution in [0.25, 0.3) is 0 Å². The highest BCUT2D eigenvalue weighted by Crippen LogP contribution is 2.42. The van der Waals surface area contributed by atoms with Gasteiger partial charge in [0.2, 0.25) is 0 Å². The second-order valence-electron chi connectivity index (χ2n) is 6.88. The third-order valence-electron chi connectivity index (χ3n) is 4.69. The summed E-state index contributed by atoms with van der Waals surface area (Å²) in [4.78, 5) is 14.1. The summed E-state index contributed by atoms with van der Waals surface area (Å²) in [5, 5.41) is 2.94. The number of nitrogens with one attached hydrogen (secondary N) is 1. The molecule has 1 fully saturated rings. The molecule has 3 rings (SSSR count). The highest BCUT2D eigenvalue weighted by Gasteiger charge is 2.45. The van der Waals surface area contributed by atoms with Crippen LogP contribution in [0.5, 0.6) is 0 Å². The van der Waals surface area contributed by atoms with Gasteiger partial charge in [0.1, 0.15) is 0 Å². The maximum atomic E-state index is 11.6. The van der Waals surface area contributed by atoms with Crippen LogP contribution in [0.3, 0.4) is 0 Å². The fourth-order valence-corrected chi connectivity index (χ4v) is 3.61. The molecule has 1 aromatic heterocycles. The molecule has 2 aliphatic rings. The van der Waals surface area contributed by atoms with Gasteiger partial charge in [0, 0.05) is 35.8 Å². The van der Waals surface area contributed by atoms with Gasteiger partial charge in [-0.2, -0.15) is 0 Å². The standard InChI is InChI=1S/C14H23N3O/c1-13(2,3)16-8-6-14(10-16)5-4-7-17-11(14)9-12(18)15-17/h9H,4-8,10H2,1-3H3,(H,15,18)/t14-/m1/s1. The van der Waals surface area contributed by atoms with Gasteiger partial charge in [-0.15, -0.1) is 0 Å². The number of aryl methyl sites for hydroxylation is 1. The molecule has 0 aliphatic carbocycles. The number of fused-ring (bicyclic) bond motifs is 2. The summed E-state index contributed by atoms with van der Waals surface area (Å²) in [5.74, 6) is 0. The Labute approximate surface area is 108 Å². The van der Waals surface area contributed by atoms with Crippen molar-refractivity contribution in [2.75, 3.05) is 13.1 Å². The molecule has 1 atom stereocenters. The molecule has 18 heavy (non-hydrogen) atoms. The van der Waals surface area contributed by atoms with E-state index in [9.17, 15) is 4.79 Å². The van der Waals surface area contributed by atoms with E-state index in [2.05, 4.69) is 35.5 Å². The highest BCUT2D eigenvalue weighted by atomic mass is 16.1. The van der Waals surface area contributed by atoms with Gasteiger partial charge in [0.05, 0.1) is 0 Å². The fourth-order valence-electron chi connectivity index (χ4n) is 3.61. The van der Waals surface area contributed by atoms with Crippen LogP contribution < -0.4 is 5.56 Å². The molecule has 0 saturated carbocycles. The van der Waals surface area contributed by atoms with Gasteiger partial charge in [-0.1, -0.05) is 0 Å². The summed E-state index contributed by atoms with van der Waals surface area (Å²) in [6.45, 7) is 10.0. The van der Waals surface area contributed by atoms with Crippen LogP contribution in [-0.2, 0) is 12.0 Å². The molecule has 2 aliphatic heterocycles. The van der Waals surface area contributed by atoms with Crippen molar-refractivity contribution in [3.05, 3.63) is 22.1 Å². The highest BCUT2D eigenvalue weighted by molar-refractivity contribution is 5.22. The number of hydrogen-bond acceptors (Lipinski definition) is 2. The third-order valence-corrected chi connectivity index (χ3v) is 4.69. The second-order valence-corrected chi connectivity index (χ2v) is 6.88. The van der Waals surface area contributed by atoms with Gasteiger partial charge in [-0.05, 0) is 46.6 Å². The average molecular weight is 249 g/mol. The largest absolute Gasteiger partial charge is 0.298 e. The van der Waals surface area contributed by atoms with Crippen molar-refractivity contribution in [1.82, 2.24) is 14.7 Å².